The van der Waals surface area contributed by atoms with Crippen molar-refractivity contribution in [2.45, 2.75) is 24.3 Å². The number of benzene rings is 3. The molecule has 0 aliphatic heterocycles. The van der Waals surface area contributed by atoms with E-state index in [0.29, 0.717) is 22.6 Å². The van der Waals surface area contributed by atoms with Gasteiger partial charge in [-0.05, 0) is 55.3 Å². The second-order valence-electron chi connectivity index (χ2n) is 7.28. The Labute approximate surface area is 199 Å². The van der Waals surface area contributed by atoms with E-state index in [2.05, 4.69) is 10.6 Å². The molecule has 3 rings (SSSR count). The topological polar surface area (TPSA) is 75.3 Å². The maximum Gasteiger partial charge on any atom is 0.258 e. The van der Waals surface area contributed by atoms with E-state index >= 15 is 0 Å². The van der Waals surface area contributed by atoms with Crippen LogP contribution in [-0.4, -0.2) is 28.3 Å². The lowest BCUT2D eigenvalue weighted by Crippen LogP contribution is -2.34. The fourth-order valence-corrected chi connectivity index (χ4v) is 4.55. The molecule has 2 amide bonds. The van der Waals surface area contributed by atoms with Gasteiger partial charge in [0.25, 0.3) is 11.8 Å². The Morgan fingerprint density at radius 2 is 1.53 bits per heavy atom. The Kier molecular flexibility index (Phi) is 8.07. The van der Waals surface area contributed by atoms with E-state index in [9.17, 15) is 13.8 Å². The third-order valence-corrected chi connectivity index (χ3v) is 6.37. The second-order valence-corrected chi connectivity index (χ2v) is 9.44. The van der Waals surface area contributed by atoms with Gasteiger partial charge in [-0.3, -0.25) is 13.8 Å². The summed E-state index contributed by atoms with van der Waals surface area (Å²) in [5.74, 6) is -0.648. The molecule has 0 fully saturated rings. The number of nitrogens with one attached hydrogen (secondary N) is 2. The van der Waals surface area contributed by atoms with Crippen molar-refractivity contribution in [1.82, 2.24) is 5.32 Å². The average molecular weight is 489 g/mol. The number of anilines is 1. The Hall–Kier alpha value is -2.67. The highest BCUT2D eigenvalue weighted by molar-refractivity contribution is 7.84. The zero-order chi connectivity index (χ0) is 23.3. The molecule has 2 atom stereocenters. The summed E-state index contributed by atoms with van der Waals surface area (Å²) in [7, 11) is -1.25. The highest BCUT2D eigenvalue weighted by Crippen LogP contribution is 2.25. The molecule has 2 N–H and O–H groups in total. The molecule has 0 radical (unpaired) electrons. The van der Waals surface area contributed by atoms with Gasteiger partial charge in [0, 0.05) is 18.0 Å². The zero-order valence-electron chi connectivity index (χ0n) is 17.5. The molecular formula is C24H22Cl2N2O3S. The third-order valence-electron chi connectivity index (χ3n) is 4.76. The third kappa shape index (κ3) is 5.97. The molecule has 0 bridgehead atoms. The van der Waals surface area contributed by atoms with Crippen LogP contribution in [0.15, 0.2) is 71.6 Å². The van der Waals surface area contributed by atoms with Crippen LogP contribution in [0.25, 0.3) is 0 Å². The summed E-state index contributed by atoms with van der Waals surface area (Å²) in [6.45, 7) is 1.90. The van der Waals surface area contributed by atoms with Crippen LogP contribution in [0.3, 0.4) is 0 Å². The summed E-state index contributed by atoms with van der Waals surface area (Å²) in [4.78, 5) is 25.6. The van der Waals surface area contributed by atoms with Gasteiger partial charge in [-0.25, -0.2) is 0 Å². The van der Waals surface area contributed by atoms with Gasteiger partial charge in [0.1, 0.15) is 0 Å². The summed E-state index contributed by atoms with van der Waals surface area (Å²) >= 11 is 12.2. The standard InChI is InChI=1S/C24H22Cl2N2O3S/c1-15(27-23(29)18-6-3-4-9-21(18)32(2)31)14-16-10-12-17(13-11-16)28-24(30)22-19(25)7-5-8-20(22)26/h3-13,15H,14H2,1-2H3,(H,27,29)(H,28,30). The Balaban J connectivity index is 1.61. The molecule has 166 valence electrons. The van der Waals surface area contributed by atoms with E-state index < -0.39 is 10.8 Å². The molecule has 0 spiro atoms. The molecule has 0 heterocycles. The normalized spacial score (nSPS) is 12.6. The van der Waals surface area contributed by atoms with Crippen molar-refractivity contribution < 1.29 is 13.8 Å². The van der Waals surface area contributed by atoms with Crippen molar-refractivity contribution in [1.29, 1.82) is 0 Å². The number of hydrogen-bond donors (Lipinski definition) is 2. The van der Waals surface area contributed by atoms with Crippen LogP contribution in [0, 0.1) is 0 Å². The van der Waals surface area contributed by atoms with Gasteiger partial charge in [0.2, 0.25) is 0 Å². The molecule has 2 unspecified atom stereocenters. The summed E-state index contributed by atoms with van der Waals surface area (Å²) in [6.07, 6.45) is 2.14. The molecular weight excluding hydrogens is 467 g/mol. The molecule has 32 heavy (non-hydrogen) atoms. The number of hydrogen-bond acceptors (Lipinski definition) is 3. The fourth-order valence-electron chi connectivity index (χ4n) is 3.24. The fraction of sp³-hybridized carbons (Fsp3) is 0.167. The average Bonchev–Trinajstić information content (AvgIpc) is 2.75. The smallest absolute Gasteiger partial charge is 0.258 e. The lowest BCUT2D eigenvalue weighted by atomic mass is 10.1. The monoisotopic (exact) mass is 488 g/mol. The number of amides is 2. The van der Waals surface area contributed by atoms with Crippen LogP contribution in [0.4, 0.5) is 5.69 Å². The molecule has 5 nitrogen and oxygen atoms in total. The van der Waals surface area contributed by atoms with Gasteiger partial charge in [-0.1, -0.05) is 53.5 Å². The molecule has 0 saturated carbocycles. The maximum absolute atomic E-state index is 12.6. The predicted molar refractivity (Wildman–Crippen MR) is 130 cm³/mol. The van der Waals surface area contributed by atoms with E-state index in [1.807, 2.05) is 19.1 Å². The summed E-state index contributed by atoms with van der Waals surface area (Å²) in [5, 5.41) is 6.30. The van der Waals surface area contributed by atoms with Crippen molar-refractivity contribution in [2.75, 3.05) is 11.6 Å². The quantitative estimate of drug-likeness (QED) is 0.470. The van der Waals surface area contributed by atoms with Crippen molar-refractivity contribution in [3.63, 3.8) is 0 Å². The number of carbonyl (C=O) groups excluding carboxylic acids is 2. The highest BCUT2D eigenvalue weighted by Gasteiger charge is 2.17. The molecule has 0 saturated heterocycles. The maximum atomic E-state index is 12.6. The summed E-state index contributed by atoms with van der Waals surface area (Å²) < 4.78 is 11.9. The molecule has 0 aromatic heterocycles. The lowest BCUT2D eigenvalue weighted by Gasteiger charge is -2.16. The van der Waals surface area contributed by atoms with E-state index in [-0.39, 0.29) is 33.5 Å². The molecule has 3 aromatic carbocycles. The SMILES string of the molecule is CC(Cc1ccc(NC(=O)c2c(Cl)cccc2Cl)cc1)NC(=O)c1ccccc1S(C)=O. The first-order valence-electron chi connectivity index (χ1n) is 9.84. The van der Waals surface area contributed by atoms with Crippen molar-refractivity contribution in [3.8, 4) is 0 Å². The summed E-state index contributed by atoms with van der Waals surface area (Å²) in [5.41, 5.74) is 2.23. The molecule has 0 aliphatic carbocycles. The van der Waals surface area contributed by atoms with Gasteiger partial charge < -0.3 is 10.6 Å². The van der Waals surface area contributed by atoms with Crippen LogP contribution in [0.1, 0.15) is 33.2 Å². The molecule has 0 aliphatic rings. The van der Waals surface area contributed by atoms with Crippen LogP contribution in [0.2, 0.25) is 10.0 Å². The van der Waals surface area contributed by atoms with Crippen LogP contribution >= 0.6 is 23.2 Å². The van der Waals surface area contributed by atoms with Crippen molar-refractivity contribution in [3.05, 3.63) is 93.5 Å². The minimum Gasteiger partial charge on any atom is -0.349 e. The van der Waals surface area contributed by atoms with Gasteiger partial charge >= 0.3 is 0 Å². The van der Waals surface area contributed by atoms with Crippen LogP contribution < -0.4 is 10.6 Å². The number of rotatable bonds is 7. The number of carbonyl (C=O) groups is 2. The first-order valence-corrected chi connectivity index (χ1v) is 12.1. The van der Waals surface area contributed by atoms with Crippen molar-refractivity contribution in [2.24, 2.45) is 0 Å². The van der Waals surface area contributed by atoms with Crippen LogP contribution in [0.5, 0.6) is 0 Å². The van der Waals surface area contributed by atoms with Gasteiger partial charge in [-0.15, -0.1) is 0 Å². The second kappa shape index (κ2) is 10.8. The van der Waals surface area contributed by atoms with Gasteiger partial charge in [0.05, 0.1) is 36.9 Å². The highest BCUT2D eigenvalue weighted by atomic mass is 35.5. The van der Waals surface area contributed by atoms with E-state index in [1.165, 1.54) is 0 Å². The van der Waals surface area contributed by atoms with Crippen molar-refractivity contribution >= 4 is 51.5 Å². The summed E-state index contributed by atoms with van der Waals surface area (Å²) in [6, 6.07) is 18.9. The minimum atomic E-state index is -1.25. The first-order chi connectivity index (χ1) is 15.3. The zero-order valence-corrected chi connectivity index (χ0v) is 19.9. The van der Waals surface area contributed by atoms with Gasteiger partial charge in [0.15, 0.2) is 0 Å². The largest absolute Gasteiger partial charge is 0.349 e. The van der Waals surface area contributed by atoms with Crippen LogP contribution in [-0.2, 0) is 17.2 Å². The first kappa shape index (κ1) is 24.0. The Bertz CT molecular complexity index is 1150. The Morgan fingerprint density at radius 1 is 0.906 bits per heavy atom. The van der Waals surface area contributed by atoms with E-state index in [1.54, 1.807) is 60.9 Å². The molecule has 8 heteroatoms. The Morgan fingerprint density at radius 3 is 2.16 bits per heavy atom. The minimum absolute atomic E-state index is 0.150. The van der Waals surface area contributed by atoms with Gasteiger partial charge in [-0.2, -0.15) is 0 Å². The molecule has 3 aromatic rings. The lowest BCUT2D eigenvalue weighted by molar-refractivity contribution is 0.0936. The van der Waals surface area contributed by atoms with E-state index in [0.717, 1.165) is 5.56 Å². The number of halogens is 2. The predicted octanol–water partition coefficient (Wildman–Crippen LogP) is 5.34. The van der Waals surface area contributed by atoms with E-state index in [4.69, 9.17) is 23.2 Å².